The molecular weight excluding hydrogens is 470 g/mol. The van der Waals surface area contributed by atoms with E-state index < -0.39 is 15.1 Å². The maximum absolute atomic E-state index is 10.4. The third kappa shape index (κ3) is 9.62. The quantitative estimate of drug-likeness (QED) is 0.181. The largest absolute Gasteiger partial charge is 0.420 e. The van der Waals surface area contributed by atoms with Crippen LogP contribution in [0.2, 0.25) is 12.1 Å². The Morgan fingerprint density at radius 3 is 2.22 bits per heavy atom. The van der Waals surface area contributed by atoms with Crippen LogP contribution in [0.15, 0.2) is 0 Å². The zero-order valence-corrected chi connectivity index (χ0v) is 24.4. The van der Waals surface area contributed by atoms with Gasteiger partial charge in [-0.1, -0.05) is 26.7 Å². The summed E-state index contributed by atoms with van der Waals surface area (Å²) in [5, 5.41) is 13.8. The van der Waals surface area contributed by atoms with Crippen molar-refractivity contribution < 1.29 is 23.7 Å². The van der Waals surface area contributed by atoms with E-state index in [2.05, 4.69) is 19.2 Å². The molecule has 0 aromatic rings. The first kappa shape index (κ1) is 29.0. The molecule has 3 atom stereocenters. The van der Waals surface area contributed by atoms with Crippen molar-refractivity contribution in [2.45, 2.75) is 127 Å². The van der Waals surface area contributed by atoms with Gasteiger partial charge in [0.05, 0.1) is 38.1 Å². The Bertz CT molecular complexity index is 596. The molecular formula is C29H55NO5Si. The van der Waals surface area contributed by atoms with Crippen LogP contribution in [0.1, 0.15) is 90.9 Å². The van der Waals surface area contributed by atoms with E-state index in [1.165, 1.54) is 76.3 Å². The Morgan fingerprint density at radius 1 is 0.944 bits per heavy atom. The topological polar surface area (TPSA) is 72.5 Å². The molecule has 2 heterocycles. The lowest BCUT2D eigenvalue weighted by atomic mass is 9.60. The number of unbranched alkanes of at least 4 members (excludes halogenated alkanes) is 1. The van der Waals surface area contributed by atoms with E-state index in [9.17, 15) is 5.11 Å². The number of rotatable bonds is 15. The molecule has 0 aromatic heterocycles. The van der Waals surface area contributed by atoms with E-state index in [1.807, 2.05) is 0 Å². The van der Waals surface area contributed by atoms with Crippen molar-refractivity contribution in [3.05, 3.63) is 0 Å². The molecule has 36 heavy (non-hydrogen) atoms. The molecule has 0 spiro atoms. The van der Waals surface area contributed by atoms with Gasteiger partial charge in [0.15, 0.2) is 9.04 Å². The summed E-state index contributed by atoms with van der Waals surface area (Å²) in [7, 11) is -0.863. The van der Waals surface area contributed by atoms with Crippen LogP contribution in [0.25, 0.3) is 0 Å². The van der Waals surface area contributed by atoms with Crippen LogP contribution in [0, 0.1) is 17.3 Å². The Balaban J connectivity index is 1.02. The Kier molecular flexibility index (Phi) is 12.0. The Hall–Kier alpha value is -0.0231. The molecule has 6 nitrogen and oxygen atoms in total. The first-order valence-corrected chi connectivity index (χ1v) is 17.5. The van der Waals surface area contributed by atoms with E-state index in [1.54, 1.807) is 0 Å². The minimum Gasteiger partial charge on any atom is -0.420 e. The summed E-state index contributed by atoms with van der Waals surface area (Å²) in [4.78, 5) is 0. The summed E-state index contributed by atoms with van der Waals surface area (Å²) in [5.74, 6) is 1.59. The van der Waals surface area contributed by atoms with Gasteiger partial charge in [-0.05, 0) is 100 Å². The predicted octanol–water partition coefficient (Wildman–Crippen LogP) is 4.83. The summed E-state index contributed by atoms with van der Waals surface area (Å²) < 4.78 is 23.4. The predicted molar refractivity (Wildman–Crippen MR) is 147 cm³/mol. The van der Waals surface area contributed by atoms with E-state index in [-0.39, 0.29) is 0 Å². The maximum atomic E-state index is 10.4. The number of ether oxygens (including phenoxy) is 3. The van der Waals surface area contributed by atoms with Crippen molar-refractivity contribution >= 4 is 9.04 Å². The number of hydrogen-bond acceptors (Lipinski definition) is 6. The Labute approximate surface area is 222 Å². The number of aliphatic hydroxyl groups is 1. The fraction of sp³-hybridized carbons (Fsp3) is 1.00. The second kappa shape index (κ2) is 14.9. The van der Waals surface area contributed by atoms with Crippen molar-refractivity contribution in [3.8, 4) is 0 Å². The van der Waals surface area contributed by atoms with Gasteiger partial charge >= 0.3 is 0 Å². The normalized spacial score (nSPS) is 34.4. The van der Waals surface area contributed by atoms with Crippen LogP contribution in [-0.2, 0) is 18.6 Å². The van der Waals surface area contributed by atoms with Gasteiger partial charge in [-0.2, -0.15) is 0 Å². The van der Waals surface area contributed by atoms with E-state index in [4.69, 9.17) is 18.6 Å². The highest BCUT2D eigenvalue weighted by molar-refractivity contribution is 6.51. The van der Waals surface area contributed by atoms with Crippen LogP contribution in [0.5, 0.6) is 0 Å². The van der Waals surface area contributed by atoms with Crippen molar-refractivity contribution in [1.29, 1.82) is 0 Å². The number of aliphatic hydroxyl groups excluding tert-OH is 1. The second-order valence-corrected chi connectivity index (χ2v) is 15.5. The van der Waals surface area contributed by atoms with Crippen LogP contribution < -0.4 is 5.32 Å². The van der Waals surface area contributed by atoms with Crippen molar-refractivity contribution in [2.24, 2.45) is 17.3 Å². The molecule has 0 amide bonds. The number of hydrogen-bond donors (Lipinski definition) is 2. The van der Waals surface area contributed by atoms with E-state index >= 15 is 0 Å². The summed E-state index contributed by atoms with van der Waals surface area (Å²) in [6.07, 6.45) is 15.7. The van der Waals surface area contributed by atoms with Crippen molar-refractivity contribution in [3.63, 3.8) is 0 Å². The minimum absolute atomic E-state index is 0.320. The molecule has 2 saturated carbocycles. The fourth-order valence-electron chi connectivity index (χ4n) is 6.92. The Morgan fingerprint density at radius 2 is 1.61 bits per heavy atom. The molecule has 2 N–H and O–H groups in total. The average Bonchev–Trinajstić information content (AvgIpc) is 3.74. The summed E-state index contributed by atoms with van der Waals surface area (Å²) >= 11 is 0. The monoisotopic (exact) mass is 525 g/mol. The lowest BCUT2D eigenvalue weighted by Crippen LogP contribution is -2.39. The van der Waals surface area contributed by atoms with Crippen LogP contribution in [-0.4, -0.2) is 78.1 Å². The lowest BCUT2D eigenvalue weighted by Gasteiger charge is -2.46. The molecule has 2 saturated heterocycles. The van der Waals surface area contributed by atoms with Crippen LogP contribution >= 0.6 is 0 Å². The van der Waals surface area contributed by atoms with Crippen LogP contribution in [0.4, 0.5) is 0 Å². The van der Waals surface area contributed by atoms with Gasteiger partial charge in [-0.3, -0.25) is 0 Å². The lowest BCUT2D eigenvalue weighted by molar-refractivity contribution is -0.0526. The van der Waals surface area contributed by atoms with E-state index in [0.717, 1.165) is 51.0 Å². The third-order valence-corrected chi connectivity index (χ3v) is 12.5. The highest BCUT2D eigenvalue weighted by Gasteiger charge is 2.41. The molecule has 2 aliphatic carbocycles. The summed E-state index contributed by atoms with van der Waals surface area (Å²) in [5.41, 5.74) is 0.393. The maximum Gasteiger partial charge on any atom is 0.176 e. The molecule has 4 aliphatic rings. The minimum atomic E-state index is -0.863. The van der Waals surface area contributed by atoms with Crippen molar-refractivity contribution in [1.82, 2.24) is 5.32 Å². The van der Waals surface area contributed by atoms with Crippen LogP contribution in [0.3, 0.4) is 0 Å². The van der Waals surface area contributed by atoms with Gasteiger partial charge in [-0.25, -0.2) is 0 Å². The first-order chi connectivity index (χ1) is 17.5. The van der Waals surface area contributed by atoms with Gasteiger partial charge in [-0.15, -0.1) is 0 Å². The van der Waals surface area contributed by atoms with Gasteiger partial charge < -0.3 is 29.1 Å². The van der Waals surface area contributed by atoms with Gasteiger partial charge in [0.2, 0.25) is 0 Å². The molecule has 3 unspecified atom stereocenters. The number of nitrogens with one attached hydrogen (secondary N) is 1. The fourth-order valence-corrected chi connectivity index (χ4v) is 9.53. The highest BCUT2D eigenvalue weighted by Crippen LogP contribution is 2.48. The molecule has 0 bridgehead atoms. The van der Waals surface area contributed by atoms with Gasteiger partial charge in [0.1, 0.15) is 6.10 Å². The molecule has 4 rings (SSSR count). The highest BCUT2D eigenvalue weighted by atomic mass is 28.3. The zero-order valence-electron chi connectivity index (χ0n) is 23.3. The van der Waals surface area contributed by atoms with Crippen molar-refractivity contribution in [2.75, 3.05) is 39.5 Å². The average molecular weight is 526 g/mol. The zero-order chi connectivity index (χ0) is 25.2. The number of epoxide rings is 1. The summed E-state index contributed by atoms with van der Waals surface area (Å²) in [6, 6.07) is 2.69. The first-order valence-electron chi connectivity index (χ1n) is 15.4. The standard InChI is InChI=1S/C29H55NO5Si/c1-29(2,24-9-13-27(14-10-24)33-21-28-22-34-28)23-7-11-26(12-8-23)32-20-25(31)19-30-15-3-5-17-36-18-6-4-16-35-36/h23-28,30-31,36H,3-22H2,1-2H3. The summed E-state index contributed by atoms with van der Waals surface area (Å²) in [6.45, 7) is 9.82. The molecule has 210 valence electrons. The smallest absolute Gasteiger partial charge is 0.176 e. The van der Waals surface area contributed by atoms with Gasteiger partial charge in [0.25, 0.3) is 0 Å². The second-order valence-electron chi connectivity index (χ2n) is 12.7. The SMILES string of the molecule is CC(C)(C1CCC(OCC(O)CNCCCC[SiH]2CCCCO2)CC1)C1CCC(OCC2CO2)CC1. The molecule has 7 heteroatoms. The molecule has 2 aliphatic heterocycles. The molecule has 0 radical (unpaired) electrons. The molecule has 0 aromatic carbocycles. The van der Waals surface area contributed by atoms with E-state index in [0.29, 0.717) is 36.9 Å². The third-order valence-electron chi connectivity index (χ3n) is 9.68. The molecule has 4 fully saturated rings. The van der Waals surface area contributed by atoms with Gasteiger partial charge in [0, 0.05) is 13.2 Å².